The molecule has 3 rings (SSSR count). The van der Waals surface area contributed by atoms with Crippen molar-refractivity contribution in [3.8, 4) is 0 Å². The van der Waals surface area contributed by atoms with Gasteiger partial charge in [0.2, 0.25) is 0 Å². The Labute approximate surface area is 142 Å². The standard InChI is InChI=1S/C21H24N2O/c1-15(2)23-20-14-17(4)16(3)13-19(20)22(21(23)24)12-8-11-18-9-6-5-7-10-18/h5-7,9-10,13-14H,1,8,11-12H2,2-4H3. The summed E-state index contributed by atoms with van der Waals surface area (Å²) in [6.07, 6.45) is 1.91. The Morgan fingerprint density at radius 1 is 1.04 bits per heavy atom. The molecule has 1 aromatic heterocycles. The van der Waals surface area contributed by atoms with Gasteiger partial charge in [-0.15, -0.1) is 0 Å². The fourth-order valence-electron chi connectivity index (χ4n) is 3.18. The average Bonchev–Trinajstić information content (AvgIpc) is 2.81. The minimum Gasteiger partial charge on any atom is -0.292 e. The average molecular weight is 320 g/mol. The van der Waals surface area contributed by atoms with Gasteiger partial charge < -0.3 is 0 Å². The van der Waals surface area contributed by atoms with Gasteiger partial charge in [0.1, 0.15) is 0 Å². The number of benzene rings is 2. The number of rotatable bonds is 5. The van der Waals surface area contributed by atoms with E-state index < -0.39 is 0 Å². The van der Waals surface area contributed by atoms with Gasteiger partial charge in [0.05, 0.1) is 11.0 Å². The highest BCUT2D eigenvalue weighted by molar-refractivity contribution is 5.81. The van der Waals surface area contributed by atoms with Crippen LogP contribution in [0.1, 0.15) is 30.0 Å². The number of nitrogens with zero attached hydrogens (tertiary/aromatic N) is 2. The van der Waals surface area contributed by atoms with Gasteiger partial charge >= 0.3 is 5.69 Å². The third-order valence-corrected chi connectivity index (χ3v) is 4.62. The van der Waals surface area contributed by atoms with Gasteiger partial charge in [-0.05, 0) is 62.4 Å². The zero-order chi connectivity index (χ0) is 17.3. The SMILES string of the molecule is C=C(C)n1c(=O)n(CCCc2ccccc2)c2cc(C)c(C)cc21. The van der Waals surface area contributed by atoms with E-state index in [0.717, 1.165) is 29.6 Å². The van der Waals surface area contributed by atoms with Crippen LogP contribution in [0.5, 0.6) is 0 Å². The zero-order valence-corrected chi connectivity index (χ0v) is 14.7. The van der Waals surface area contributed by atoms with Crippen molar-refractivity contribution in [2.45, 2.75) is 40.2 Å². The molecule has 2 aromatic carbocycles. The van der Waals surface area contributed by atoms with E-state index in [1.54, 1.807) is 4.57 Å². The smallest absolute Gasteiger partial charge is 0.292 e. The lowest BCUT2D eigenvalue weighted by Crippen LogP contribution is -2.23. The molecule has 0 saturated heterocycles. The van der Waals surface area contributed by atoms with Gasteiger partial charge in [-0.1, -0.05) is 36.9 Å². The van der Waals surface area contributed by atoms with Gasteiger partial charge in [0, 0.05) is 12.2 Å². The summed E-state index contributed by atoms with van der Waals surface area (Å²) in [4.78, 5) is 12.9. The van der Waals surface area contributed by atoms with E-state index in [1.807, 2.05) is 17.6 Å². The number of imidazole rings is 1. The largest absolute Gasteiger partial charge is 0.333 e. The molecule has 0 radical (unpaired) electrons. The van der Waals surface area contributed by atoms with Gasteiger partial charge in [0.15, 0.2) is 0 Å². The number of aromatic nitrogens is 2. The molecule has 3 nitrogen and oxygen atoms in total. The maximum absolute atomic E-state index is 12.9. The first-order valence-corrected chi connectivity index (χ1v) is 8.41. The van der Waals surface area contributed by atoms with Crippen LogP contribution in [0.2, 0.25) is 0 Å². The summed E-state index contributed by atoms with van der Waals surface area (Å²) in [6.45, 7) is 10.7. The second kappa shape index (κ2) is 6.52. The highest BCUT2D eigenvalue weighted by Crippen LogP contribution is 2.21. The Bertz CT molecular complexity index is 945. The van der Waals surface area contributed by atoms with Gasteiger partial charge in [-0.3, -0.25) is 9.13 Å². The van der Waals surface area contributed by atoms with E-state index >= 15 is 0 Å². The second-order valence-electron chi connectivity index (χ2n) is 6.52. The van der Waals surface area contributed by atoms with Gasteiger partial charge in [-0.25, -0.2) is 4.79 Å². The molecule has 0 aliphatic heterocycles. The predicted octanol–water partition coefficient (Wildman–Crippen LogP) is 4.54. The highest BCUT2D eigenvalue weighted by atomic mass is 16.1. The maximum Gasteiger partial charge on any atom is 0.333 e. The molecule has 24 heavy (non-hydrogen) atoms. The molecule has 1 heterocycles. The maximum atomic E-state index is 12.9. The monoisotopic (exact) mass is 320 g/mol. The van der Waals surface area contributed by atoms with Crippen molar-refractivity contribution in [3.63, 3.8) is 0 Å². The lowest BCUT2D eigenvalue weighted by atomic mass is 10.1. The fourth-order valence-corrected chi connectivity index (χ4v) is 3.18. The molecule has 3 heteroatoms. The first kappa shape index (κ1) is 16.3. The molecule has 0 aliphatic carbocycles. The summed E-state index contributed by atoms with van der Waals surface area (Å²) in [5.74, 6) is 0. The van der Waals surface area contributed by atoms with Crippen molar-refractivity contribution in [3.05, 3.63) is 76.2 Å². The quantitative estimate of drug-likeness (QED) is 0.678. The van der Waals surface area contributed by atoms with Crippen molar-refractivity contribution < 1.29 is 0 Å². The summed E-state index contributed by atoms with van der Waals surface area (Å²) in [5.41, 5.74) is 6.43. The summed E-state index contributed by atoms with van der Waals surface area (Å²) in [7, 11) is 0. The molecule has 0 atom stereocenters. The van der Waals surface area contributed by atoms with Gasteiger partial charge in [0.25, 0.3) is 0 Å². The Kier molecular flexibility index (Phi) is 4.43. The summed E-state index contributed by atoms with van der Waals surface area (Å²) < 4.78 is 3.61. The lowest BCUT2D eigenvalue weighted by Gasteiger charge is -2.06. The first-order chi connectivity index (χ1) is 11.5. The Morgan fingerprint density at radius 3 is 2.29 bits per heavy atom. The molecule has 0 saturated carbocycles. The third-order valence-electron chi connectivity index (χ3n) is 4.62. The van der Waals surface area contributed by atoms with Crippen LogP contribution in [0.3, 0.4) is 0 Å². The van der Waals surface area contributed by atoms with Crippen LogP contribution < -0.4 is 5.69 Å². The number of hydrogen-bond acceptors (Lipinski definition) is 1. The van der Waals surface area contributed by atoms with E-state index in [-0.39, 0.29) is 5.69 Å². The first-order valence-electron chi connectivity index (χ1n) is 8.41. The van der Waals surface area contributed by atoms with E-state index in [1.165, 1.54) is 16.7 Å². The van der Waals surface area contributed by atoms with Crippen LogP contribution in [-0.2, 0) is 13.0 Å². The molecule has 124 valence electrons. The number of hydrogen-bond donors (Lipinski definition) is 0. The van der Waals surface area contributed by atoms with Crippen molar-refractivity contribution in [1.29, 1.82) is 0 Å². The summed E-state index contributed by atoms with van der Waals surface area (Å²) >= 11 is 0. The minimum atomic E-state index is 0.00978. The van der Waals surface area contributed by atoms with Crippen molar-refractivity contribution in [1.82, 2.24) is 9.13 Å². The number of aryl methyl sites for hydroxylation is 4. The number of fused-ring (bicyclic) bond motifs is 1. The molecule has 0 unspecified atom stereocenters. The van der Waals surface area contributed by atoms with Crippen molar-refractivity contribution in [2.75, 3.05) is 0 Å². The molecule has 3 aromatic rings. The molecule has 0 N–H and O–H groups in total. The zero-order valence-electron chi connectivity index (χ0n) is 14.7. The van der Waals surface area contributed by atoms with Crippen LogP contribution >= 0.6 is 0 Å². The van der Waals surface area contributed by atoms with Crippen LogP contribution in [0.15, 0.2) is 53.8 Å². The fraction of sp³-hybridized carbons (Fsp3) is 0.286. The van der Waals surface area contributed by atoms with Crippen LogP contribution in [0.25, 0.3) is 16.7 Å². The Morgan fingerprint density at radius 2 is 1.67 bits per heavy atom. The summed E-state index contributed by atoms with van der Waals surface area (Å²) in [5, 5.41) is 0. The van der Waals surface area contributed by atoms with Gasteiger partial charge in [-0.2, -0.15) is 0 Å². The predicted molar refractivity (Wildman–Crippen MR) is 101 cm³/mol. The van der Waals surface area contributed by atoms with E-state index in [0.29, 0.717) is 6.54 Å². The molecule has 0 bridgehead atoms. The van der Waals surface area contributed by atoms with Crippen LogP contribution in [0.4, 0.5) is 0 Å². The lowest BCUT2D eigenvalue weighted by molar-refractivity contribution is 0.632. The minimum absolute atomic E-state index is 0.00978. The summed E-state index contributed by atoms with van der Waals surface area (Å²) in [6, 6.07) is 14.6. The van der Waals surface area contributed by atoms with Crippen LogP contribution in [0, 0.1) is 13.8 Å². The second-order valence-corrected chi connectivity index (χ2v) is 6.52. The van der Waals surface area contributed by atoms with Crippen molar-refractivity contribution in [2.24, 2.45) is 0 Å². The molecular weight excluding hydrogens is 296 g/mol. The molecule has 0 spiro atoms. The normalized spacial score (nSPS) is 11.1. The van der Waals surface area contributed by atoms with Crippen LogP contribution in [-0.4, -0.2) is 9.13 Å². The molecular formula is C21H24N2O. The van der Waals surface area contributed by atoms with E-state index in [9.17, 15) is 4.79 Å². The van der Waals surface area contributed by atoms with Crippen molar-refractivity contribution >= 4 is 16.7 Å². The third kappa shape index (κ3) is 2.94. The topological polar surface area (TPSA) is 26.9 Å². The molecule has 0 fully saturated rings. The van der Waals surface area contributed by atoms with E-state index in [2.05, 4.69) is 56.8 Å². The number of allylic oxidation sites excluding steroid dienone is 1. The Balaban J connectivity index is 1.98. The molecule has 0 amide bonds. The Hall–Kier alpha value is -2.55. The van der Waals surface area contributed by atoms with E-state index in [4.69, 9.17) is 0 Å². The highest BCUT2D eigenvalue weighted by Gasteiger charge is 2.14. The molecule has 0 aliphatic rings.